The van der Waals surface area contributed by atoms with Crippen molar-refractivity contribution in [2.75, 3.05) is 19.7 Å². The van der Waals surface area contributed by atoms with Gasteiger partial charge in [-0.25, -0.2) is 18.0 Å². The summed E-state index contributed by atoms with van der Waals surface area (Å²) in [6, 6.07) is 9.07. The van der Waals surface area contributed by atoms with E-state index in [1.54, 1.807) is 18.3 Å². The molecule has 2 fully saturated rings. The summed E-state index contributed by atoms with van der Waals surface area (Å²) in [7, 11) is -3.52. The molecule has 1 unspecified atom stereocenters. The normalized spacial score (nSPS) is 18.7. The van der Waals surface area contributed by atoms with Crippen LogP contribution in [0.2, 0.25) is 0 Å². The van der Waals surface area contributed by atoms with Crippen LogP contribution >= 0.6 is 0 Å². The molecule has 0 amide bonds. The highest BCUT2D eigenvalue weighted by molar-refractivity contribution is 7.89. The first-order valence-corrected chi connectivity index (χ1v) is 13.0. The highest BCUT2D eigenvalue weighted by Crippen LogP contribution is 2.38. The lowest BCUT2D eigenvalue weighted by molar-refractivity contribution is -0.193. The summed E-state index contributed by atoms with van der Waals surface area (Å²) in [6.45, 7) is 3.70. The maximum absolute atomic E-state index is 12.7. The Morgan fingerprint density at radius 1 is 1.07 bits per heavy atom. The fourth-order valence-electron chi connectivity index (χ4n) is 3.64. The van der Waals surface area contributed by atoms with Gasteiger partial charge in [-0.2, -0.15) is 30.6 Å². The molecule has 228 valence electrons. The summed E-state index contributed by atoms with van der Waals surface area (Å²) >= 11 is 0. The molecule has 2 aliphatic rings. The van der Waals surface area contributed by atoms with Crippen LogP contribution in [0.4, 0.5) is 26.3 Å². The Hall–Kier alpha value is -3.35. The smallest absolute Gasteiger partial charge is 0.475 e. The second-order valence-electron chi connectivity index (χ2n) is 8.80. The number of aliphatic carboxylic acids is 2. The van der Waals surface area contributed by atoms with E-state index in [0.717, 1.165) is 17.8 Å². The maximum atomic E-state index is 12.7. The van der Waals surface area contributed by atoms with Gasteiger partial charge in [0.2, 0.25) is 10.0 Å². The maximum Gasteiger partial charge on any atom is 0.490 e. The van der Waals surface area contributed by atoms with Crippen molar-refractivity contribution in [3.8, 4) is 0 Å². The number of rotatable bonds is 5. The first-order valence-electron chi connectivity index (χ1n) is 11.5. The van der Waals surface area contributed by atoms with Gasteiger partial charge < -0.3 is 19.7 Å². The Balaban J connectivity index is 0.000000349. The number of aryl methyl sites for hydroxylation is 1. The molecule has 0 aromatic carbocycles. The zero-order chi connectivity index (χ0) is 31.1. The van der Waals surface area contributed by atoms with Crippen LogP contribution in [0.15, 0.2) is 47.6 Å². The summed E-state index contributed by atoms with van der Waals surface area (Å²) in [5, 5.41) is 14.2. The van der Waals surface area contributed by atoms with Crippen LogP contribution in [0, 0.1) is 6.92 Å². The van der Waals surface area contributed by atoms with Crippen LogP contribution in [-0.2, 0) is 35.7 Å². The number of nitrogens with zero attached hydrogens (tertiary/aromatic N) is 3. The zero-order valence-corrected chi connectivity index (χ0v) is 22.0. The van der Waals surface area contributed by atoms with Gasteiger partial charge in [0, 0.05) is 44.2 Å². The van der Waals surface area contributed by atoms with E-state index in [1.165, 1.54) is 10.5 Å². The number of carbonyl (C=O) groups is 2. The number of hydrogen-bond acceptors (Lipinski definition) is 8. The van der Waals surface area contributed by atoms with Gasteiger partial charge in [-0.15, -0.1) is 0 Å². The molecule has 0 saturated carbocycles. The van der Waals surface area contributed by atoms with Crippen LogP contribution in [0.1, 0.15) is 24.2 Å². The average molecular weight is 618 g/mol. The van der Waals surface area contributed by atoms with E-state index in [4.69, 9.17) is 29.3 Å². The minimum atomic E-state index is -5.08. The van der Waals surface area contributed by atoms with Crippen LogP contribution in [0.3, 0.4) is 0 Å². The zero-order valence-electron chi connectivity index (χ0n) is 21.2. The molecule has 1 spiro atoms. The summed E-state index contributed by atoms with van der Waals surface area (Å²) in [4.78, 5) is 26.4. The minimum Gasteiger partial charge on any atom is -0.475 e. The Bertz CT molecular complexity index is 1260. The molecule has 0 aliphatic carbocycles. The van der Waals surface area contributed by atoms with E-state index in [-0.39, 0.29) is 11.0 Å². The van der Waals surface area contributed by atoms with Crippen molar-refractivity contribution in [3.05, 3.63) is 54.1 Å². The summed E-state index contributed by atoms with van der Waals surface area (Å²) < 4.78 is 102. The number of halogens is 6. The molecule has 1 atom stereocenters. The number of sulfonamides is 1. The van der Waals surface area contributed by atoms with E-state index < -0.39 is 39.9 Å². The van der Waals surface area contributed by atoms with Crippen molar-refractivity contribution < 1.29 is 64.0 Å². The standard InChI is InChI=1S/C19H23N3O4S.2C2HF3O2/c1-15-4-2-5-16(21-15)12-25-17-7-9-26-19(10-17)13-22(14-19)27(23,24)18-6-3-8-20-11-18;2*3-2(4,5)1(6)7/h2-6,8,11,17H,7,9-10,12-14H2,1H3;2*(H,6,7). The third kappa shape index (κ3) is 10.2. The van der Waals surface area contributed by atoms with Crippen LogP contribution in [0.25, 0.3) is 0 Å². The molecule has 2 aromatic rings. The van der Waals surface area contributed by atoms with Gasteiger partial charge in [0.15, 0.2) is 0 Å². The minimum absolute atomic E-state index is 0.0457. The van der Waals surface area contributed by atoms with Crippen LogP contribution in [-0.4, -0.2) is 88.6 Å². The first-order chi connectivity index (χ1) is 18.9. The largest absolute Gasteiger partial charge is 0.490 e. The van der Waals surface area contributed by atoms with E-state index in [0.29, 0.717) is 32.7 Å². The lowest BCUT2D eigenvalue weighted by Gasteiger charge is -2.52. The monoisotopic (exact) mass is 617 g/mol. The predicted octanol–water partition coefficient (Wildman–Crippen LogP) is 3.19. The molecule has 0 bridgehead atoms. The molecule has 18 heteroatoms. The number of pyridine rings is 2. The summed E-state index contributed by atoms with van der Waals surface area (Å²) in [5.41, 5.74) is 1.43. The number of ether oxygens (including phenoxy) is 2. The Labute approximate surface area is 229 Å². The Morgan fingerprint density at radius 2 is 1.66 bits per heavy atom. The third-order valence-electron chi connectivity index (χ3n) is 5.55. The molecule has 2 saturated heterocycles. The third-order valence-corrected chi connectivity index (χ3v) is 7.32. The van der Waals surface area contributed by atoms with Crippen LogP contribution < -0.4 is 0 Å². The van der Waals surface area contributed by atoms with Gasteiger partial charge in [0.1, 0.15) is 4.90 Å². The van der Waals surface area contributed by atoms with Gasteiger partial charge >= 0.3 is 24.3 Å². The highest BCUT2D eigenvalue weighted by atomic mass is 32.2. The molecule has 0 radical (unpaired) electrons. The average Bonchev–Trinajstić information content (AvgIpc) is 2.86. The van der Waals surface area contributed by atoms with E-state index >= 15 is 0 Å². The molecule has 4 rings (SSSR count). The fourth-order valence-corrected chi connectivity index (χ4v) is 5.20. The second-order valence-corrected chi connectivity index (χ2v) is 10.7. The number of aromatic nitrogens is 2. The SMILES string of the molecule is Cc1cccc(COC2CCOC3(C2)CN(S(=O)(=O)c2cccnc2)C3)n1.O=C(O)C(F)(F)F.O=C(O)C(F)(F)F. The van der Waals surface area contributed by atoms with Crippen molar-refractivity contribution in [2.24, 2.45) is 0 Å². The predicted molar refractivity (Wildman–Crippen MR) is 126 cm³/mol. The molecular formula is C23H25F6N3O8S. The van der Waals surface area contributed by atoms with Crippen LogP contribution in [0.5, 0.6) is 0 Å². The van der Waals surface area contributed by atoms with Gasteiger partial charge in [0.05, 0.1) is 24.0 Å². The Kier molecular flexibility index (Phi) is 11.2. The molecule has 11 nitrogen and oxygen atoms in total. The Morgan fingerprint density at radius 3 is 2.15 bits per heavy atom. The molecular weight excluding hydrogens is 592 g/mol. The lowest BCUT2D eigenvalue weighted by atomic mass is 9.86. The fraction of sp³-hybridized carbons (Fsp3) is 0.478. The van der Waals surface area contributed by atoms with E-state index in [9.17, 15) is 34.8 Å². The number of carboxylic acid groups (broad SMARTS) is 2. The summed E-state index contributed by atoms with van der Waals surface area (Å²) in [5.74, 6) is -5.51. The van der Waals surface area contributed by atoms with E-state index in [1.807, 2.05) is 25.1 Å². The number of hydrogen-bond donors (Lipinski definition) is 2. The van der Waals surface area contributed by atoms with Gasteiger partial charge in [-0.1, -0.05) is 6.07 Å². The first kappa shape index (κ1) is 33.9. The van der Waals surface area contributed by atoms with Gasteiger partial charge in [-0.3, -0.25) is 9.97 Å². The van der Waals surface area contributed by atoms with Crippen molar-refractivity contribution in [1.82, 2.24) is 14.3 Å². The quantitative estimate of drug-likeness (QED) is 0.478. The number of alkyl halides is 6. The highest BCUT2D eigenvalue weighted by Gasteiger charge is 2.52. The van der Waals surface area contributed by atoms with Gasteiger partial charge in [-0.05, 0) is 37.6 Å². The van der Waals surface area contributed by atoms with Crippen molar-refractivity contribution in [1.29, 1.82) is 0 Å². The van der Waals surface area contributed by atoms with Gasteiger partial charge in [0.25, 0.3) is 0 Å². The summed E-state index contributed by atoms with van der Waals surface area (Å²) in [6.07, 6.45) is -5.68. The molecule has 4 heterocycles. The molecule has 2 aromatic heterocycles. The van der Waals surface area contributed by atoms with E-state index in [2.05, 4.69) is 9.97 Å². The topological polar surface area (TPSA) is 156 Å². The van der Waals surface area contributed by atoms with Crippen molar-refractivity contribution in [3.63, 3.8) is 0 Å². The second kappa shape index (κ2) is 13.5. The lowest BCUT2D eigenvalue weighted by Crippen LogP contribution is -2.67. The molecule has 2 aliphatic heterocycles. The number of carboxylic acids is 2. The molecule has 2 N–H and O–H groups in total. The molecule has 41 heavy (non-hydrogen) atoms. The van der Waals surface area contributed by atoms with Crippen molar-refractivity contribution >= 4 is 22.0 Å². The van der Waals surface area contributed by atoms with Crippen molar-refractivity contribution in [2.45, 2.75) is 55.3 Å².